The van der Waals surface area contributed by atoms with Crippen molar-refractivity contribution in [1.29, 1.82) is 0 Å². The Balaban J connectivity index is 2.10. The van der Waals surface area contributed by atoms with E-state index in [0.29, 0.717) is 11.8 Å². The zero-order valence-electron chi connectivity index (χ0n) is 18.2. The highest BCUT2D eigenvalue weighted by Crippen LogP contribution is 2.57. The molecule has 0 aromatic carbocycles. The predicted octanol–water partition coefficient (Wildman–Crippen LogP) is 9.82. The molecule has 3 rings (SSSR count). The van der Waals surface area contributed by atoms with E-state index in [0.717, 1.165) is 0 Å². The lowest BCUT2D eigenvalue weighted by Crippen LogP contribution is -1.90. The summed E-state index contributed by atoms with van der Waals surface area (Å²) in [6, 6.07) is 5.01. The van der Waals surface area contributed by atoms with Crippen LogP contribution in [0.4, 0.5) is 0 Å². The maximum atomic E-state index is 2.50. The van der Waals surface area contributed by atoms with Gasteiger partial charge in [0, 0.05) is 30.7 Å². The minimum Gasteiger partial charge on any atom is -0.138 e. The van der Waals surface area contributed by atoms with Gasteiger partial charge < -0.3 is 0 Å². The molecule has 0 fully saturated rings. The Kier molecular flexibility index (Phi) is 8.23. The van der Waals surface area contributed by atoms with Gasteiger partial charge in [-0.15, -0.1) is 46.2 Å². The van der Waals surface area contributed by atoms with Gasteiger partial charge in [-0.05, 0) is 48.3 Å². The van der Waals surface area contributed by atoms with Crippen LogP contribution in [0.3, 0.4) is 0 Å². The third-order valence-corrected chi connectivity index (χ3v) is 10.7. The fourth-order valence-corrected chi connectivity index (χ4v) is 8.56. The zero-order valence-corrected chi connectivity index (χ0v) is 21.5. The lowest BCUT2D eigenvalue weighted by molar-refractivity contribution is 0.889. The van der Waals surface area contributed by atoms with Crippen LogP contribution in [-0.4, -0.2) is 11.5 Å². The van der Waals surface area contributed by atoms with Crippen molar-refractivity contribution in [1.82, 2.24) is 0 Å². The van der Waals surface area contributed by atoms with Crippen LogP contribution in [-0.2, 0) is 0 Å². The van der Waals surface area contributed by atoms with Gasteiger partial charge in [-0.25, -0.2) is 0 Å². The molecule has 1 aliphatic rings. The molecule has 1 aliphatic carbocycles. The van der Waals surface area contributed by atoms with Gasteiger partial charge in [0.25, 0.3) is 0 Å². The van der Waals surface area contributed by atoms with Crippen LogP contribution >= 0.6 is 46.2 Å². The molecule has 0 bridgehead atoms. The molecular formula is C24H34S4. The average Bonchev–Trinajstić information content (AvgIpc) is 3.31. The summed E-state index contributed by atoms with van der Waals surface area (Å²) in [5, 5.41) is 0. The van der Waals surface area contributed by atoms with Gasteiger partial charge in [-0.2, -0.15) is 0 Å². The van der Waals surface area contributed by atoms with Gasteiger partial charge in [0.1, 0.15) is 0 Å². The van der Waals surface area contributed by atoms with Crippen molar-refractivity contribution in [2.24, 2.45) is 0 Å². The second-order valence-electron chi connectivity index (χ2n) is 8.16. The Labute approximate surface area is 188 Å². The molecule has 28 heavy (non-hydrogen) atoms. The molecule has 0 unspecified atom stereocenters. The van der Waals surface area contributed by atoms with Gasteiger partial charge in [-0.1, -0.05) is 54.4 Å². The largest absolute Gasteiger partial charge is 0.138 e. The Morgan fingerprint density at radius 1 is 0.786 bits per heavy atom. The van der Waals surface area contributed by atoms with Crippen LogP contribution in [0.2, 0.25) is 0 Å². The molecule has 0 atom stereocenters. The molecular weight excluding hydrogens is 417 g/mol. The summed E-state index contributed by atoms with van der Waals surface area (Å²) >= 11 is 8.28. The molecule has 0 saturated heterocycles. The number of hydrogen-bond donors (Lipinski definition) is 0. The quantitative estimate of drug-likeness (QED) is 0.282. The molecule has 0 amide bonds. The first-order valence-electron chi connectivity index (χ1n) is 10.8. The topological polar surface area (TPSA) is 0 Å². The summed E-state index contributed by atoms with van der Waals surface area (Å²) in [6.45, 7) is 13.9. The number of rotatable bonds is 10. The van der Waals surface area contributed by atoms with E-state index in [4.69, 9.17) is 0 Å². The van der Waals surface area contributed by atoms with E-state index in [1.807, 2.05) is 22.7 Å². The maximum absolute atomic E-state index is 2.50. The summed E-state index contributed by atoms with van der Waals surface area (Å²) in [4.78, 5) is 6.14. The SMILES string of the molecule is CCCCSC(SCCCC)=C1c2cc(C(C)C)sc2-c2sc(C(C)C)cc21. The third kappa shape index (κ3) is 4.77. The number of thiophene rings is 2. The van der Waals surface area contributed by atoms with Crippen LogP contribution in [0, 0.1) is 0 Å². The summed E-state index contributed by atoms with van der Waals surface area (Å²) in [7, 11) is 0. The minimum atomic E-state index is 0.605. The van der Waals surface area contributed by atoms with E-state index in [2.05, 4.69) is 77.2 Å². The standard InChI is InChI=1S/C24H34S4/c1-7-9-11-25-24(26-12-10-8-2)21-17-13-19(15(3)4)27-22(17)23-18(21)14-20(28-23)16(5)6/h13-16H,7-12H2,1-6H3. The average molecular weight is 451 g/mol. The van der Waals surface area contributed by atoms with Crippen LogP contribution in [0.15, 0.2) is 16.4 Å². The van der Waals surface area contributed by atoms with Crippen molar-refractivity contribution >= 4 is 51.8 Å². The lowest BCUT2D eigenvalue weighted by Gasteiger charge is -2.12. The molecule has 4 heteroatoms. The maximum Gasteiger partial charge on any atom is 0.0531 e. The highest BCUT2D eigenvalue weighted by atomic mass is 32.2. The second kappa shape index (κ2) is 10.2. The van der Waals surface area contributed by atoms with Gasteiger partial charge in [0.2, 0.25) is 0 Å². The van der Waals surface area contributed by atoms with E-state index in [1.54, 1.807) is 9.81 Å². The van der Waals surface area contributed by atoms with E-state index < -0.39 is 0 Å². The summed E-state index contributed by atoms with van der Waals surface area (Å²) in [5.41, 5.74) is 4.60. The first-order chi connectivity index (χ1) is 13.5. The molecule has 154 valence electrons. The Morgan fingerprint density at radius 2 is 1.21 bits per heavy atom. The fraction of sp³-hybridized carbons (Fsp3) is 0.583. The van der Waals surface area contributed by atoms with E-state index >= 15 is 0 Å². The van der Waals surface area contributed by atoms with Gasteiger partial charge in [-0.3, -0.25) is 0 Å². The molecule has 0 N–H and O–H groups in total. The number of unbranched alkanes of at least 4 members (excludes halogenated alkanes) is 2. The highest BCUT2D eigenvalue weighted by Gasteiger charge is 2.32. The molecule has 0 spiro atoms. The summed E-state index contributed by atoms with van der Waals surface area (Å²) in [6.07, 6.45) is 5.16. The lowest BCUT2D eigenvalue weighted by atomic mass is 10.1. The second-order valence-corrected chi connectivity index (χ2v) is 12.8. The normalized spacial score (nSPS) is 12.9. The van der Waals surface area contributed by atoms with Crippen molar-refractivity contribution < 1.29 is 0 Å². The van der Waals surface area contributed by atoms with Crippen molar-refractivity contribution in [3.05, 3.63) is 37.3 Å². The number of fused-ring (bicyclic) bond motifs is 3. The molecule has 0 radical (unpaired) electrons. The van der Waals surface area contributed by atoms with Gasteiger partial charge >= 0.3 is 0 Å². The van der Waals surface area contributed by atoms with Crippen LogP contribution in [0.25, 0.3) is 15.3 Å². The van der Waals surface area contributed by atoms with Crippen molar-refractivity contribution in [3.8, 4) is 9.75 Å². The van der Waals surface area contributed by atoms with Crippen molar-refractivity contribution in [2.75, 3.05) is 11.5 Å². The van der Waals surface area contributed by atoms with E-state index in [9.17, 15) is 0 Å². The smallest absolute Gasteiger partial charge is 0.0531 e. The third-order valence-electron chi connectivity index (χ3n) is 5.05. The molecule has 2 heterocycles. The first kappa shape index (κ1) is 22.5. The minimum absolute atomic E-state index is 0.605. The van der Waals surface area contributed by atoms with Crippen molar-refractivity contribution in [2.45, 2.75) is 79.1 Å². The Morgan fingerprint density at radius 3 is 1.57 bits per heavy atom. The van der Waals surface area contributed by atoms with Crippen LogP contribution < -0.4 is 0 Å². The molecule has 2 aromatic rings. The van der Waals surface area contributed by atoms with Crippen molar-refractivity contribution in [3.63, 3.8) is 0 Å². The van der Waals surface area contributed by atoms with Crippen LogP contribution in [0.5, 0.6) is 0 Å². The summed E-state index contributed by atoms with van der Waals surface area (Å²) in [5.74, 6) is 3.69. The summed E-state index contributed by atoms with van der Waals surface area (Å²) < 4.78 is 1.57. The van der Waals surface area contributed by atoms with Gasteiger partial charge in [0.05, 0.1) is 9.75 Å². The molecule has 2 aromatic heterocycles. The number of thioether (sulfide) groups is 2. The van der Waals surface area contributed by atoms with Crippen LogP contribution in [0.1, 0.15) is 99.9 Å². The molecule has 0 saturated carbocycles. The molecule has 0 aliphatic heterocycles. The monoisotopic (exact) mass is 450 g/mol. The van der Waals surface area contributed by atoms with E-state index in [1.165, 1.54) is 67.8 Å². The predicted molar refractivity (Wildman–Crippen MR) is 137 cm³/mol. The first-order valence-corrected chi connectivity index (χ1v) is 14.4. The number of hydrogen-bond acceptors (Lipinski definition) is 4. The fourth-order valence-electron chi connectivity index (χ4n) is 3.27. The van der Waals surface area contributed by atoms with E-state index in [-0.39, 0.29) is 0 Å². The van der Waals surface area contributed by atoms with Gasteiger partial charge in [0.15, 0.2) is 0 Å². The highest BCUT2D eigenvalue weighted by molar-refractivity contribution is 8.22. The Bertz CT molecular complexity index is 754. The zero-order chi connectivity index (χ0) is 20.3. The Hall–Kier alpha value is -0.160. The molecule has 0 nitrogen and oxygen atoms in total.